The normalized spacial score (nSPS) is 27.1. The second-order valence-corrected chi connectivity index (χ2v) is 10.1. The van der Waals surface area contributed by atoms with Gasteiger partial charge in [-0.15, -0.1) is 11.3 Å². The molecule has 2 aliphatic heterocycles. The van der Waals surface area contributed by atoms with Crippen LogP contribution in [-0.4, -0.2) is 44.2 Å². The molecule has 184 valence electrons. The highest BCUT2D eigenvalue weighted by Gasteiger charge is 2.76. The number of hydrogen-bond acceptors (Lipinski definition) is 8. The lowest BCUT2D eigenvalue weighted by molar-refractivity contribution is -0.0625. The van der Waals surface area contributed by atoms with Gasteiger partial charge in [-0.3, -0.25) is 9.74 Å². The molecule has 7 heterocycles. The van der Waals surface area contributed by atoms with Crippen LogP contribution in [0.3, 0.4) is 0 Å². The Morgan fingerprint density at radius 1 is 0.917 bits per heavy atom. The van der Waals surface area contributed by atoms with Gasteiger partial charge in [0.05, 0.1) is 12.5 Å². The molecule has 0 bridgehead atoms. The SMILES string of the molecule is c1c[nH]c(C2(c3ncc[nH]3)C(N3CCCCC3)ON(c3cccs3)C2(c2ccco2)c2ncco2)c1. The van der Waals surface area contributed by atoms with Crippen LogP contribution in [0.25, 0.3) is 0 Å². The lowest BCUT2D eigenvalue weighted by Gasteiger charge is -2.45. The molecule has 0 spiro atoms. The molecule has 3 atom stereocenters. The number of nitrogens with one attached hydrogen (secondary N) is 2. The molecule has 7 rings (SSSR count). The van der Waals surface area contributed by atoms with Crippen molar-refractivity contribution in [3.05, 3.63) is 102 Å². The molecule has 2 aliphatic rings. The van der Waals surface area contributed by atoms with Gasteiger partial charge in [-0.2, -0.15) is 0 Å². The van der Waals surface area contributed by atoms with Crippen LogP contribution >= 0.6 is 11.3 Å². The molecule has 2 N–H and O–H groups in total. The molecule has 10 heteroatoms. The summed E-state index contributed by atoms with van der Waals surface area (Å²) in [6, 6.07) is 12.0. The zero-order valence-electron chi connectivity index (χ0n) is 19.5. The number of oxazole rings is 1. The Kier molecular flexibility index (Phi) is 5.12. The Hall–Kier alpha value is -3.60. The molecule has 3 unspecified atom stereocenters. The number of hydroxylamine groups is 1. The number of piperidine rings is 1. The summed E-state index contributed by atoms with van der Waals surface area (Å²) in [4.78, 5) is 26.1. The molecule has 2 saturated heterocycles. The monoisotopic (exact) mass is 502 g/mol. The highest BCUT2D eigenvalue weighted by Crippen LogP contribution is 2.62. The number of H-pyrrole nitrogens is 2. The highest BCUT2D eigenvalue weighted by molar-refractivity contribution is 7.14. The molecule has 5 aromatic heterocycles. The maximum absolute atomic E-state index is 7.10. The minimum Gasteiger partial charge on any atom is -0.466 e. The van der Waals surface area contributed by atoms with E-state index in [0.717, 1.165) is 42.5 Å². The van der Waals surface area contributed by atoms with Gasteiger partial charge >= 0.3 is 0 Å². The molecule has 0 amide bonds. The number of furan rings is 1. The minimum atomic E-state index is -1.17. The van der Waals surface area contributed by atoms with Crippen LogP contribution in [0.4, 0.5) is 5.00 Å². The van der Waals surface area contributed by atoms with Crippen molar-refractivity contribution in [2.75, 3.05) is 18.2 Å². The van der Waals surface area contributed by atoms with E-state index in [4.69, 9.17) is 23.6 Å². The highest BCUT2D eigenvalue weighted by atomic mass is 32.1. The Balaban J connectivity index is 1.64. The smallest absolute Gasteiger partial charge is 0.232 e. The number of aromatic amines is 2. The first kappa shape index (κ1) is 21.7. The Morgan fingerprint density at radius 3 is 2.53 bits per heavy atom. The third-order valence-corrected chi connectivity index (χ3v) is 8.23. The van der Waals surface area contributed by atoms with E-state index < -0.39 is 17.2 Å². The molecule has 2 fully saturated rings. The van der Waals surface area contributed by atoms with E-state index >= 15 is 0 Å². The van der Waals surface area contributed by atoms with E-state index in [1.807, 2.05) is 53.2 Å². The summed E-state index contributed by atoms with van der Waals surface area (Å²) >= 11 is 1.59. The maximum Gasteiger partial charge on any atom is 0.232 e. The quantitative estimate of drug-likeness (QED) is 0.342. The summed E-state index contributed by atoms with van der Waals surface area (Å²) in [6.07, 6.45) is 13.5. The first-order valence-electron chi connectivity index (χ1n) is 12.2. The summed E-state index contributed by atoms with van der Waals surface area (Å²) in [5.74, 6) is 1.83. The third kappa shape index (κ3) is 2.83. The van der Waals surface area contributed by atoms with Gasteiger partial charge in [0.15, 0.2) is 11.6 Å². The van der Waals surface area contributed by atoms with Crippen molar-refractivity contribution in [1.29, 1.82) is 0 Å². The Morgan fingerprint density at radius 2 is 1.86 bits per heavy atom. The van der Waals surface area contributed by atoms with Crippen LogP contribution in [0.1, 0.15) is 42.4 Å². The number of aromatic nitrogens is 4. The molecule has 9 nitrogen and oxygen atoms in total. The number of nitrogens with zero attached hydrogens (tertiary/aromatic N) is 4. The van der Waals surface area contributed by atoms with Gasteiger partial charge in [0.25, 0.3) is 0 Å². The van der Waals surface area contributed by atoms with Crippen molar-refractivity contribution in [3.8, 4) is 0 Å². The maximum atomic E-state index is 7.10. The van der Waals surface area contributed by atoms with Crippen molar-refractivity contribution in [1.82, 2.24) is 24.8 Å². The summed E-state index contributed by atoms with van der Waals surface area (Å²) in [6.45, 7) is 1.82. The standard InChI is InChI=1S/C26H26N6O3S/c1-2-14-31(15-3-1)24-25(19-7-4-10-27-19,22-28-11-12-29-22)26(20-8-5-16-33-20,23-30-13-17-34-23)32(35-24)21-9-6-18-36-21/h4-13,16-18,24,27H,1-3,14-15H2,(H,28,29). The summed E-state index contributed by atoms with van der Waals surface area (Å²) in [7, 11) is 0. The van der Waals surface area contributed by atoms with E-state index in [0.29, 0.717) is 11.7 Å². The first-order chi connectivity index (χ1) is 17.9. The topological polar surface area (TPSA) is 99.3 Å². The van der Waals surface area contributed by atoms with Gasteiger partial charge in [0.1, 0.15) is 22.8 Å². The predicted octanol–water partition coefficient (Wildman–Crippen LogP) is 4.87. The lowest BCUT2D eigenvalue weighted by Crippen LogP contribution is -2.61. The summed E-state index contributed by atoms with van der Waals surface area (Å²) in [5, 5.41) is 4.88. The predicted molar refractivity (Wildman–Crippen MR) is 133 cm³/mol. The molecule has 0 aromatic carbocycles. The van der Waals surface area contributed by atoms with Gasteiger partial charge in [-0.05, 0) is 54.6 Å². The Bertz CT molecular complexity index is 1290. The van der Waals surface area contributed by atoms with Crippen molar-refractivity contribution < 1.29 is 13.7 Å². The second-order valence-electron chi connectivity index (χ2n) is 9.15. The van der Waals surface area contributed by atoms with Crippen molar-refractivity contribution >= 4 is 16.3 Å². The van der Waals surface area contributed by atoms with Gasteiger partial charge in [-0.1, -0.05) is 6.42 Å². The molecular weight excluding hydrogens is 476 g/mol. The van der Waals surface area contributed by atoms with Gasteiger partial charge in [-0.25, -0.2) is 15.0 Å². The van der Waals surface area contributed by atoms with Crippen molar-refractivity contribution in [2.24, 2.45) is 0 Å². The zero-order valence-corrected chi connectivity index (χ0v) is 20.4. The lowest BCUT2D eigenvalue weighted by atomic mass is 9.63. The fraction of sp³-hybridized carbons (Fsp3) is 0.308. The van der Waals surface area contributed by atoms with Gasteiger partial charge < -0.3 is 18.8 Å². The van der Waals surface area contributed by atoms with Crippen LogP contribution in [0.5, 0.6) is 0 Å². The fourth-order valence-electron chi connectivity index (χ4n) is 6.04. The number of thiophene rings is 1. The van der Waals surface area contributed by atoms with E-state index in [-0.39, 0.29) is 0 Å². The molecule has 0 aliphatic carbocycles. The molecule has 5 aromatic rings. The van der Waals surface area contributed by atoms with Crippen LogP contribution < -0.4 is 5.06 Å². The minimum absolute atomic E-state index is 0.443. The molecular formula is C26H26N6O3S. The number of likely N-dealkylation sites (tertiary alicyclic amines) is 1. The average Bonchev–Trinajstić information content (AvgIpc) is 3.73. The summed E-state index contributed by atoms with van der Waals surface area (Å²) < 4.78 is 12.5. The Labute approximate surface area is 211 Å². The number of hydrogen-bond donors (Lipinski definition) is 2. The second kappa shape index (κ2) is 8.51. The van der Waals surface area contributed by atoms with E-state index in [1.54, 1.807) is 36.3 Å². The zero-order chi connectivity index (χ0) is 24.0. The van der Waals surface area contributed by atoms with E-state index in [1.165, 1.54) is 6.42 Å². The van der Waals surface area contributed by atoms with Gasteiger partial charge in [0.2, 0.25) is 11.4 Å². The molecule has 36 heavy (non-hydrogen) atoms. The number of anilines is 1. The number of imidazole rings is 1. The van der Waals surface area contributed by atoms with E-state index in [9.17, 15) is 0 Å². The number of rotatable bonds is 6. The average molecular weight is 503 g/mol. The van der Waals surface area contributed by atoms with Gasteiger partial charge in [0, 0.05) is 37.4 Å². The fourth-order valence-corrected chi connectivity index (χ4v) is 6.76. The van der Waals surface area contributed by atoms with Crippen LogP contribution in [0, 0.1) is 0 Å². The first-order valence-corrected chi connectivity index (χ1v) is 13.1. The molecule has 0 radical (unpaired) electrons. The van der Waals surface area contributed by atoms with Crippen LogP contribution in [-0.2, 0) is 15.8 Å². The van der Waals surface area contributed by atoms with Crippen LogP contribution in [0.15, 0.2) is 87.9 Å². The van der Waals surface area contributed by atoms with Crippen LogP contribution in [0.2, 0.25) is 0 Å². The van der Waals surface area contributed by atoms with Crippen molar-refractivity contribution in [3.63, 3.8) is 0 Å². The van der Waals surface area contributed by atoms with Crippen molar-refractivity contribution in [2.45, 2.75) is 36.4 Å². The third-order valence-electron chi connectivity index (χ3n) is 7.39. The summed E-state index contributed by atoms with van der Waals surface area (Å²) in [5.41, 5.74) is -1.22. The largest absolute Gasteiger partial charge is 0.466 e. The molecule has 0 saturated carbocycles. The van der Waals surface area contributed by atoms with E-state index in [2.05, 4.69) is 20.9 Å².